The van der Waals surface area contributed by atoms with E-state index in [4.69, 9.17) is 9.47 Å². The van der Waals surface area contributed by atoms with Gasteiger partial charge in [0.15, 0.2) is 0 Å². The van der Waals surface area contributed by atoms with Gasteiger partial charge in [-0.3, -0.25) is 14.4 Å². The minimum absolute atomic E-state index is 0.0166. The van der Waals surface area contributed by atoms with E-state index in [1.54, 1.807) is 17.1 Å². The molecular weight excluding hydrogens is 424 g/mol. The first-order valence-corrected chi connectivity index (χ1v) is 12.1. The highest BCUT2D eigenvalue weighted by Gasteiger charge is 2.78. The van der Waals surface area contributed by atoms with E-state index >= 15 is 0 Å². The van der Waals surface area contributed by atoms with Gasteiger partial charge in [-0.05, 0) is 32.6 Å². The molecule has 8 heteroatoms. The number of rotatable bonds is 13. The van der Waals surface area contributed by atoms with Crippen molar-refractivity contribution >= 4 is 17.8 Å². The van der Waals surface area contributed by atoms with Crippen molar-refractivity contribution in [1.29, 1.82) is 0 Å². The lowest BCUT2D eigenvalue weighted by molar-refractivity contribution is -0.160. The molecule has 1 N–H and O–H groups in total. The summed E-state index contributed by atoms with van der Waals surface area (Å²) in [5, 5.41) is 9.68. The quantitative estimate of drug-likeness (QED) is 0.256. The van der Waals surface area contributed by atoms with Gasteiger partial charge in [0.1, 0.15) is 17.6 Å². The van der Waals surface area contributed by atoms with Gasteiger partial charge in [0.2, 0.25) is 11.8 Å². The molecule has 3 rings (SSSR count). The van der Waals surface area contributed by atoms with Gasteiger partial charge >= 0.3 is 5.97 Å². The van der Waals surface area contributed by atoms with E-state index < -0.39 is 35.0 Å². The molecule has 3 aliphatic rings. The lowest BCUT2D eigenvalue weighted by Gasteiger charge is -2.36. The Morgan fingerprint density at radius 1 is 1.30 bits per heavy atom. The van der Waals surface area contributed by atoms with E-state index in [0.29, 0.717) is 32.4 Å². The van der Waals surface area contributed by atoms with Gasteiger partial charge in [0, 0.05) is 19.6 Å². The van der Waals surface area contributed by atoms with Crippen molar-refractivity contribution in [3.8, 4) is 0 Å². The largest absolute Gasteiger partial charge is 0.465 e. The molecule has 0 radical (unpaired) electrons. The van der Waals surface area contributed by atoms with Crippen LogP contribution in [0.3, 0.4) is 0 Å². The second kappa shape index (κ2) is 10.4. The summed E-state index contributed by atoms with van der Waals surface area (Å²) >= 11 is 0. The number of ether oxygens (including phenoxy) is 2. The summed E-state index contributed by atoms with van der Waals surface area (Å²) in [5.74, 6) is -2.57. The van der Waals surface area contributed by atoms with Gasteiger partial charge in [-0.15, -0.1) is 13.2 Å². The molecule has 0 aliphatic carbocycles. The highest BCUT2D eigenvalue weighted by atomic mass is 16.6. The highest BCUT2D eigenvalue weighted by Crippen LogP contribution is 2.63. The Balaban J connectivity index is 1.95. The highest BCUT2D eigenvalue weighted by molar-refractivity contribution is 5.98. The maximum Gasteiger partial charge on any atom is 0.312 e. The van der Waals surface area contributed by atoms with E-state index in [0.717, 1.165) is 19.3 Å². The van der Waals surface area contributed by atoms with Crippen LogP contribution in [0, 0.1) is 11.8 Å². The van der Waals surface area contributed by atoms with Crippen LogP contribution < -0.4 is 0 Å². The smallest absolute Gasteiger partial charge is 0.312 e. The first kappa shape index (κ1) is 25.4. The number of likely N-dealkylation sites (tertiary alicyclic amines) is 1. The molecule has 2 amide bonds. The number of carbonyl (C=O) groups excluding carboxylic acids is 3. The molecule has 5 atom stereocenters. The fourth-order valence-corrected chi connectivity index (χ4v) is 5.92. The van der Waals surface area contributed by atoms with Crippen LogP contribution in [-0.4, -0.2) is 82.8 Å². The maximum absolute atomic E-state index is 13.9. The summed E-state index contributed by atoms with van der Waals surface area (Å²) in [6.45, 7) is 12.2. The van der Waals surface area contributed by atoms with Gasteiger partial charge in [0.05, 0.1) is 24.7 Å². The predicted octanol–water partition coefficient (Wildman–Crippen LogP) is 2.07. The van der Waals surface area contributed by atoms with E-state index in [-0.39, 0.29) is 31.6 Å². The number of esters is 1. The molecule has 1 spiro atoms. The van der Waals surface area contributed by atoms with Crippen molar-refractivity contribution in [2.75, 3.05) is 32.8 Å². The molecule has 0 aromatic heterocycles. The summed E-state index contributed by atoms with van der Waals surface area (Å²) in [7, 11) is 0. The fourth-order valence-electron chi connectivity index (χ4n) is 5.92. The van der Waals surface area contributed by atoms with Crippen LogP contribution in [0.4, 0.5) is 0 Å². The second-order valence-electron chi connectivity index (χ2n) is 9.51. The maximum atomic E-state index is 13.9. The molecule has 3 fully saturated rings. The van der Waals surface area contributed by atoms with Crippen LogP contribution in [-0.2, 0) is 23.9 Å². The third-order valence-electron chi connectivity index (χ3n) is 7.36. The Morgan fingerprint density at radius 3 is 2.70 bits per heavy atom. The van der Waals surface area contributed by atoms with Gasteiger partial charge in [-0.2, -0.15) is 0 Å². The van der Waals surface area contributed by atoms with E-state index in [9.17, 15) is 19.5 Å². The van der Waals surface area contributed by atoms with Crippen molar-refractivity contribution in [2.24, 2.45) is 11.8 Å². The third-order valence-corrected chi connectivity index (χ3v) is 7.36. The second-order valence-corrected chi connectivity index (χ2v) is 9.51. The molecule has 3 heterocycles. The van der Waals surface area contributed by atoms with Gasteiger partial charge in [0.25, 0.3) is 0 Å². The summed E-state index contributed by atoms with van der Waals surface area (Å²) in [6.07, 6.45) is 7.80. The number of hydrogen-bond donors (Lipinski definition) is 1. The van der Waals surface area contributed by atoms with Crippen LogP contribution in [0.25, 0.3) is 0 Å². The Kier molecular flexibility index (Phi) is 8.00. The lowest BCUT2D eigenvalue weighted by Crippen LogP contribution is -2.56. The molecule has 33 heavy (non-hydrogen) atoms. The van der Waals surface area contributed by atoms with Crippen LogP contribution in [0.15, 0.2) is 25.3 Å². The zero-order valence-electron chi connectivity index (χ0n) is 20.0. The first-order chi connectivity index (χ1) is 15.8. The topological polar surface area (TPSA) is 96.4 Å². The normalized spacial score (nSPS) is 32.0. The monoisotopic (exact) mass is 462 g/mol. The number of carbonyl (C=O) groups is 3. The number of fused-ring (bicyclic) bond motifs is 1. The Labute approximate surface area is 196 Å². The molecule has 2 unspecified atom stereocenters. The van der Waals surface area contributed by atoms with Crippen molar-refractivity contribution in [1.82, 2.24) is 9.80 Å². The molecule has 0 aromatic rings. The standard InChI is InChI=1S/C25H38N2O6/c1-5-8-10-14-26(13-7-3)22(30)20-25-12-11-24(4,33-25)19(23(31)32-17-9-6-2)18(25)21(29)27(20)15-16-28/h6-7,18-20,28H,2-3,5,8-17H2,1,4H3/t18-,19-,20?,24+,25?/m0/s1. The summed E-state index contributed by atoms with van der Waals surface area (Å²) in [5.41, 5.74) is -1.95. The van der Waals surface area contributed by atoms with E-state index in [2.05, 4.69) is 20.1 Å². The molecule has 184 valence electrons. The van der Waals surface area contributed by atoms with Crippen molar-refractivity contribution in [3.63, 3.8) is 0 Å². The number of aliphatic hydroxyl groups is 1. The molecule has 0 saturated carbocycles. The van der Waals surface area contributed by atoms with Crippen molar-refractivity contribution in [3.05, 3.63) is 25.3 Å². The van der Waals surface area contributed by atoms with Crippen molar-refractivity contribution < 1.29 is 29.0 Å². The molecule has 2 bridgehead atoms. The first-order valence-electron chi connectivity index (χ1n) is 12.1. The minimum Gasteiger partial charge on any atom is -0.465 e. The molecule has 8 nitrogen and oxygen atoms in total. The fraction of sp³-hybridized carbons (Fsp3) is 0.720. The average molecular weight is 463 g/mol. The summed E-state index contributed by atoms with van der Waals surface area (Å²) in [4.78, 5) is 43.7. The average Bonchev–Trinajstić information content (AvgIpc) is 3.34. The number of aliphatic hydroxyl groups excluding tert-OH is 1. The van der Waals surface area contributed by atoms with Gasteiger partial charge < -0.3 is 24.4 Å². The Hall–Kier alpha value is -2.19. The van der Waals surface area contributed by atoms with E-state index in [1.807, 2.05) is 6.92 Å². The molecule has 3 aliphatic heterocycles. The SMILES string of the molecule is C=CCCOC(=O)[C@@H]1[C@H]2C(=O)N(CCO)C(C(=O)N(CC=C)CCCCC)C23CC[C@@]1(C)O3. The lowest BCUT2D eigenvalue weighted by atomic mass is 9.66. The zero-order chi connectivity index (χ0) is 24.2. The molecule has 0 aromatic carbocycles. The summed E-state index contributed by atoms with van der Waals surface area (Å²) in [6, 6.07) is -0.878. The third kappa shape index (κ3) is 4.35. The predicted molar refractivity (Wildman–Crippen MR) is 123 cm³/mol. The minimum atomic E-state index is -1.09. The Bertz CT molecular complexity index is 785. The summed E-state index contributed by atoms with van der Waals surface area (Å²) < 4.78 is 12.0. The van der Waals surface area contributed by atoms with Crippen LogP contribution in [0.1, 0.15) is 52.4 Å². The molecular formula is C25H38N2O6. The number of amides is 2. The number of unbranched alkanes of at least 4 members (excludes halogenated alkanes) is 2. The van der Waals surface area contributed by atoms with Gasteiger partial charge in [-0.25, -0.2) is 0 Å². The van der Waals surface area contributed by atoms with Gasteiger partial charge in [-0.1, -0.05) is 31.9 Å². The van der Waals surface area contributed by atoms with Crippen molar-refractivity contribution in [2.45, 2.75) is 69.6 Å². The zero-order valence-corrected chi connectivity index (χ0v) is 20.0. The number of hydrogen-bond acceptors (Lipinski definition) is 6. The van der Waals surface area contributed by atoms with Crippen LogP contribution in [0.2, 0.25) is 0 Å². The van der Waals surface area contributed by atoms with Crippen LogP contribution in [0.5, 0.6) is 0 Å². The van der Waals surface area contributed by atoms with E-state index in [1.165, 1.54) is 4.90 Å². The number of β-amino-alcohol motifs (C(OH)–C–C–N with tert-alkyl or cyclic N) is 1. The molecule has 3 saturated heterocycles. The Morgan fingerprint density at radius 2 is 2.06 bits per heavy atom. The van der Waals surface area contributed by atoms with Crippen LogP contribution >= 0.6 is 0 Å². The number of nitrogens with zero attached hydrogens (tertiary/aromatic N) is 2.